The molecule has 2 atom stereocenters. The fourth-order valence-corrected chi connectivity index (χ4v) is 3.29. The Kier molecular flexibility index (Phi) is 3.36. The molecule has 0 radical (unpaired) electrons. The van der Waals surface area contributed by atoms with Crippen LogP contribution in [-0.2, 0) is 11.2 Å². The molecule has 3 heterocycles. The second kappa shape index (κ2) is 5.51. The second-order valence-corrected chi connectivity index (χ2v) is 6.12. The smallest absolute Gasteiger partial charge is 0.227 e. The van der Waals surface area contributed by atoms with Crippen molar-refractivity contribution in [3.63, 3.8) is 0 Å². The molecule has 0 aromatic carbocycles. The quantitative estimate of drug-likeness (QED) is 0.862. The van der Waals surface area contributed by atoms with Crippen LogP contribution in [0.4, 0.5) is 0 Å². The molecule has 22 heavy (non-hydrogen) atoms. The number of aromatic nitrogens is 3. The van der Waals surface area contributed by atoms with Crippen molar-refractivity contribution in [3.05, 3.63) is 30.3 Å². The minimum atomic E-state index is 0.201. The van der Waals surface area contributed by atoms with E-state index in [0.717, 1.165) is 24.9 Å². The van der Waals surface area contributed by atoms with Crippen LogP contribution in [0.1, 0.15) is 25.2 Å². The molecular weight excluding hydrogens is 280 g/mol. The van der Waals surface area contributed by atoms with E-state index in [1.807, 2.05) is 23.1 Å². The molecule has 1 aliphatic carbocycles. The van der Waals surface area contributed by atoms with Gasteiger partial charge in [0.1, 0.15) is 5.69 Å². The van der Waals surface area contributed by atoms with Gasteiger partial charge < -0.3 is 9.42 Å². The molecule has 2 aromatic heterocycles. The summed E-state index contributed by atoms with van der Waals surface area (Å²) in [6, 6.07) is 5.55. The summed E-state index contributed by atoms with van der Waals surface area (Å²) < 4.78 is 5.21. The lowest BCUT2D eigenvalue weighted by molar-refractivity contribution is -0.130. The fourth-order valence-electron chi connectivity index (χ4n) is 3.29. The number of carbonyl (C=O) groups is 1. The van der Waals surface area contributed by atoms with Crippen molar-refractivity contribution in [2.75, 3.05) is 13.1 Å². The first-order valence-electron chi connectivity index (χ1n) is 7.81. The summed E-state index contributed by atoms with van der Waals surface area (Å²) in [5, 5.41) is 3.92. The first-order valence-corrected chi connectivity index (χ1v) is 7.81. The highest BCUT2D eigenvalue weighted by molar-refractivity contribution is 5.76. The molecule has 0 unspecified atom stereocenters. The Labute approximate surface area is 128 Å². The minimum absolute atomic E-state index is 0.201. The number of amides is 1. The lowest BCUT2D eigenvalue weighted by Crippen LogP contribution is -2.28. The third-order valence-electron chi connectivity index (χ3n) is 4.75. The number of hydrogen-bond donors (Lipinski definition) is 0. The lowest BCUT2D eigenvalue weighted by Gasteiger charge is -2.27. The molecule has 6 heteroatoms. The zero-order valence-electron chi connectivity index (χ0n) is 12.3. The number of nitrogens with zero attached hydrogens (tertiary/aromatic N) is 4. The standard InChI is InChI=1S/C16H18N4O2/c21-15(20-9-11-4-5-12(11)10-20)7-6-14-18-16(19-22-14)13-3-1-2-8-17-13/h1-3,8,11-12H,4-7,9-10H2/t11-,12+. The molecule has 114 valence electrons. The molecule has 1 aliphatic heterocycles. The van der Waals surface area contributed by atoms with E-state index in [0.29, 0.717) is 30.3 Å². The summed E-state index contributed by atoms with van der Waals surface area (Å²) in [7, 11) is 0. The SMILES string of the molecule is O=C(CCc1nc(-c2ccccn2)no1)N1C[C@H]2CC[C@H]2C1. The first-order chi connectivity index (χ1) is 10.8. The van der Waals surface area contributed by atoms with E-state index < -0.39 is 0 Å². The van der Waals surface area contributed by atoms with Gasteiger partial charge in [-0.1, -0.05) is 11.2 Å². The monoisotopic (exact) mass is 298 g/mol. The Balaban J connectivity index is 1.34. The van der Waals surface area contributed by atoms with Gasteiger partial charge >= 0.3 is 0 Å². The molecule has 2 aromatic rings. The third kappa shape index (κ3) is 2.49. The van der Waals surface area contributed by atoms with Crippen LogP contribution in [0.15, 0.2) is 28.9 Å². The molecule has 0 N–H and O–H groups in total. The van der Waals surface area contributed by atoms with Crippen LogP contribution in [0.25, 0.3) is 11.5 Å². The number of rotatable bonds is 4. The maximum Gasteiger partial charge on any atom is 0.227 e. The summed E-state index contributed by atoms with van der Waals surface area (Å²) >= 11 is 0. The maximum absolute atomic E-state index is 12.2. The highest BCUT2D eigenvalue weighted by Crippen LogP contribution is 2.40. The number of pyridine rings is 1. The van der Waals surface area contributed by atoms with Crippen LogP contribution in [-0.4, -0.2) is 39.0 Å². The average Bonchev–Trinajstić information content (AvgIpc) is 3.11. The average molecular weight is 298 g/mol. The normalized spacial score (nSPS) is 23.2. The Morgan fingerprint density at radius 2 is 2.09 bits per heavy atom. The molecule has 4 rings (SSSR count). The molecule has 2 aliphatic rings. The van der Waals surface area contributed by atoms with Gasteiger partial charge in [0.15, 0.2) is 0 Å². The van der Waals surface area contributed by atoms with Crippen LogP contribution in [0, 0.1) is 11.8 Å². The number of likely N-dealkylation sites (tertiary alicyclic amines) is 1. The van der Waals surface area contributed by atoms with E-state index >= 15 is 0 Å². The highest BCUT2D eigenvalue weighted by atomic mass is 16.5. The summed E-state index contributed by atoms with van der Waals surface area (Å²) in [5.41, 5.74) is 0.681. The van der Waals surface area contributed by atoms with Gasteiger partial charge in [-0.05, 0) is 36.8 Å². The molecule has 1 amide bonds. The predicted molar refractivity (Wildman–Crippen MR) is 78.6 cm³/mol. The number of carbonyl (C=O) groups excluding carboxylic acids is 1. The van der Waals surface area contributed by atoms with E-state index in [-0.39, 0.29) is 5.91 Å². The van der Waals surface area contributed by atoms with Gasteiger partial charge in [0.2, 0.25) is 17.6 Å². The first kappa shape index (κ1) is 13.4. The Morgan fingerprint density at radius 3 is 2.77 bits per heavy atom. The number of aryl methyl sites for hydroxylation is 1. The largest absolute Gasteiger partial charge is 0.342 e. The second-order valence-electron chi connectivity index (χ2n) is 6.12. The van der Waals surface area contributed by atoms with Gasteiger partial charge in [0, 0.05) is 32.1 Å². The van der Waals surface area contributed by atoms with Gasteiger partial charge in [0.05, 0.1) is 0 Å². The summed E-state index contributed by atoms with van der Waals surface area (Å²) in [6.07, 6.45) is 5.18. The van der Waals surface area contributed by atoms with Crippen molar-refractivity contribution in [3.8, 4) is 11.5 Å². The highest BCUT2D eigenvalue weighted by Gasteiger charge is 2.40. The van der Waals surface area contributed by atoms with Crippen LogP contribution >= 0.6 is 0 Å². The topological polar surface area (TPSA) is 72.1 Å². The van der Waals surface area contributed by atoms with E-state index in [1.165, 1.54) is 12.8 Å². The molecule has 1 saturated carbocycles. The van der Waals surface area contributed by atoms with Crippen LogP contribution < -0.4 is 0 Å². The van der Waals surface area contributed by atoms with Crippen molar-refractivity contribution < 1.29 is 9.32 Å². The molecule has 0 bridgehead atoms. The van der Waals surface area contributed by atoms with Crippen molar-refractivity contribution in [2.24, 2.45) is 11.8 Å². The van der Waals surface area contributed by atoms with Gasteiger partial charge in [-0.3, -0.25) is 9.78 Å². The summed E-state index contributed by atoms with van der Waals surface area (Å²) in [6.45, 7) is 1.87. The zero-order valence-corrected chi connectivity index (χ0v) is 12.3. The summed E-state index contributed by atoms with van der Waals surface area (Å²) in [4.78, 5) is 22.7. The summed E-state index contributed by atoms with van der Waals surface area (Å²) in [5.74, 6) is 2.68. The van der Waals surface area contributed by atoms with Crippen molar-refractivity contribution >= 4 is 5.91 Å². The Morgan fingerprint density at radius 1 is 1.27 bits per heavy atom. The number of fused-ring (bicyclic) bond motifs is 1. The molecule has 2 fully saturated rings. The van der Waals surface area contributed by atoms with E-state index in [9.17, 15) is 4.79 Å². The third-order valence-corrected chi connectivity index (χ3v) is 4.75. The Hall–Kier alpha value is -2.24. The van der Waals surface area contributed by atoms with Crippen molar-refractivity contribution in [2.45, 2.75) is 25.7 Å². The van der Waals surface area contributed by atoms with Gasteiger partial charge in [-0.15, -0.1) is 0 Å². The van der Waals surface area contributed by atoms with Gasteiger partial charge in [0.25, 0.3) is 0 Å². The van der Waals surface area contributed by atoms with Gasteiger partial charge in [-0.2, -0.15) is 4.98 Å². The van der Waals surface area contributed by atoms with E-state index in [2.05, 4.69) is 15.1 Å². The van der Waals surface area contributed by atoms with Crippen LogP contribution in [0.3, 0.4) is 0 Å². The Bertz CT molecular complexity index is 658. The van der Waals surface area contributed by atoms with E-state index in [4.69, 9.17) is 4.52 Å². The van der Waals surface area contributed by atoms with Crippen LogP contribution in [0.2, 0.25) is 0 Å². The maximum atomic E-state index is 12.2. The van der Waals surface area contributed by atoms with Crippen molar-refractivity contribution in [1.82, 2.24) is 20.0 Å². The molecule has 6 nitrogen and oxygen atoms in total. The fraction of sp³-hybridized carbons (Fsp3) is 0.500. The zero-order chi connectivity index (χ0) is 14.9. The van der Waals surface area contributed by atoms with E-state index in [1.54, 1.807) is 6.20 Å². The molecule has 0 spiro atoms. The number of hydrogen-bond acceptors (Lipinski definition) is 5. The molecule has 1 saturated heterocycles. The minimum Gasteiger partial charge on any atom is -0.342 e. The van der Waals surface area contributed by atoms with Crippen LogP contribution in [0.5, 0.6) is 0 Å². The van der Waals surface area contributed by atoms with Gasteiger partial charge in [-0.25, -0.2) is 0 Å². The predicted octanol–water partition coefficient (Wildman–Crippen LogP) is 1.93. The lowest BCUT2D eigenvalue weighted by atomic mass is 9.77. The van der Waals surface area contributed by atoms with Crippen molar-refractivity contribution in [1.29, 1.82) is 0 Å². The molecular formula is C16H18N4O2.